The summed E-state index contributed by atoms with van der Waals surface area (Å²) in [6.45, 7) is 4.09. The first-order valence-corrected chi connectivity index (χ1v) is 7.22. The molecule has 2 rings (SSSR count). The molecule has 1 saturated heterocycles. The second-order valence-electron chi connectivity index (χ2n) is 5.97. The molecule has 98 valence electrons. The Bertz CT molecular complexity index is 251. The molecule has 0 radical (unpaired) electrons. The second-order valence-corrected chi connectivity index (χ2v) is 5.97. The number of carbonyl (C=O) groups excluding carboxylic acids is 1. The lowest BCUT2D eigenvalue weighted by atomic mass is 9.80. The van der Waals surface area contributed by atoms with Gasteiger partial charge in [0.1, 0.15) is 0 Å². The van der Waals surface area contributed by atoms with Crippen LogP contribution in [0.3, 0.4) is 0 Å². The fraction of sp³-hybridized carbons (Fsp3) is 0.929. The average molecular weight is 238 g/mol. The predicted molar refractivity (Wildman–Crippen MR) is 69.8 cm³/mol. The Morgan fingerprint density at radius 1 is 1.12 bits per heavy atom. The quantitative estimate of drug-likeness (QED) is 0.724. The van der Waals surface area contributed by atoms with Crippen LogP contribution in [-0.4, -0.2) is 25.0 Å². The van der Waals surface area contributed by atoms with Crippen LogP contribution in [0.4, 0.5) is 0 Å². The molecule has 0 atom stereocenters. The van der Waals surface area contributed by atoms with Gasteiger partial charge in [-0.05, 0) is 38.8 Å². The van der Waals surface area contributed by atoms with Gasteiger partial charge in [0.05, 0.1) is 0 Å². The Hall–Kier alpha value is -0.570. The van der Waals surface area contributed by atoms with Gasteiger partial charge in [0.25, 0.3) is 0 Å². The van der Waals surface area contributed by atoms with Gasteiger partial charge in [-0.3, -0.25) is 4.79 Å². The van der Waals surface area contributed by atoms with Crippen LogP contribution >= 0.6 is 0 Å². The summed E-state index contributed by atoms with van der Waals surface area (Å²) in [5.74, 6) is 0.297. The molecule has 1 saturated carbocycles. The summed E-state index contributed by atoms with van der Waals surface area (Å²) in [5, 5.41) is 6.63. The molecule has 2 aliphatic rings. The molecule has 1 amide bonds. The van der Waals surface area contributed by atoms with E-state index in [9.17, 15) is 4.79 Å². The average Bonchev–Trinajstić information content (AvgIpc) is 2.58. The zero-order valence-electron chi connectivity index (χ0n) is 11.1. The third-order valence-corrected chi connectivity index (χ3v) is 4.45. The fourth-order valence-corrected chi connectivity index (χ4v) is 2.99. The molecule has 0 spiro atoms. The van der Waals surface area contributed by atoms with Gasteiger partial charge < -0.3 is 10.6 Å². The highest BCUT2D eigenvalue weighted by Crippen LogP contribution is 2.29. The van der Waals surface area contributed by atoms with E-state index in [1.165, 1.54) is 38.5 Å². The Kier molecular flexibility index (Phi) is 4.43. The SMILES string of the molecule is CC1(C(=O)NC2CCCCCC2)CCNCC1. The van der Waals surface area contributed by atoms with Crippen molar-refractivity contribution >= 4 is 5.91 Å². The Morgan fingerprint density at radius 3 is 2.29 bits per heavy atom. The van der Waals surface area contributed by atoms with Crippen LogP contribution in [0.2, 0.25) is 0 Å². The Morgan fingerprint density at radius 2 is 1.71 bits per heavy atom. The largest absolute Gasteiger partial charge is 0.353 e. The van der Waals surface area contributed by atoms with E-state index >= 15 is 0 Å². The smallest absolute Gasteiger partial charge is 0.226 e. The lowest BCUT2D eigenvalue weighted by molar-refractivity contribution is -0.132. The third kappa shape index (κ3) is 3.44. The van der Waals surface area contributed by atoms with Gasteiger partial charge >= 0.3 is 0 Å². The molecule has 1 aliphatic carbocycles. The summed E-state index contributed by atoms with van der Waals surface area (Å²) in [7, 11) is 0. The number of rotatable bonds is 2. The molecular weight excluding hydrogens is 212 g/mol. The highest BCUT2D eigenvalue weighted by atomic mass is 16.2. The van der Waals surface area contributed by atoms with Gasteiger partial charge in [0.2, 0.25) is 5.91 Å². The fourth-order valence-electron chi connectivity index (χ4n) is 2.99. The number of hydrogen-bond donors (Lipinski definition) is 2. The summed E-state index contributed by atoms with van der Waals surface area (Å²) in [6, 6.07) is 0.441. The first kappa shape index (κ1) is 12.9. The van der Waals surface area contributed by atoms with Crippen LogP contribution in [0.25, 0.3) is 0 Å². The van der Waals surface area contributed by atoms with Gasteiger partial charge in [-0.25, -0.2) is 0 Å². The van der Waals surface area contributed by atoms with E-state index in [4.69, 9.17) is 0 Å². The molecule has 0 unspecified atom stereocenters. The second kappa shape index (κ2) is 5.85. The van der Waals surface area contributed by atoms with Crippen molar-refractivity contribution in [3.63, 3.8) is 0 Å². The van der Waals surface area contributed by atoms with E-state index < -0.39 is 0 Å². The van der Waals surface area contributed by atoms with Crippen molar-refractivity contribution in [1.29, 1.82) is 0 Å². The first-order chi connectivity index (χ1) is 8.21. The van der Waals surface area contributed by atoms with Crippen LogP contribution in [0.5, 0.6) is 0 Å². The zero-order chi connectivity index (χ0) is 12.1. The minimum Gasteiger partial charge on any atom is -0.353 e. The van der Waals surface area contributed by atoms with E-state index in [0.29, 0.717) is 11.9 Å². The molecule has 1 heterocycles. The summed E-state index contributed by atoms with van der Waals surface area (Å²) < 4.78 is 0. The monoisotopic (exact) mass is 238 g/mol. The van der Waals surface area contributed by atoms with Crippen LogP contribution in [0, 0.1) is 5.41 Å². The number of hydrogen-bond acceptors (Lipinski definition) is 2. The molecule has 3 heteroatoms. The minimum absolute atomic E-state index is 0.127. The van der Waals surface area contributed by atoms with E-state index in [-0.39, 0.29) is 5.41 Å². The normalized spacial score (nSPS) is 26.2. The number of carbonyl (C=O) groups is 1. The van der Waals surface area contributed by atoms with Crippen molar-refractivity contribution < 1.29 is 4.79 Å². The van der Waals surface area contributed by atoms with Gasteiger partial charge in [-0.1, -0.05) is 32.6 Å². The Labute approximate surface area is 105 Å². The van der Waals surface area contributed by atoms with Crippen molar-refractivity contribution in [3.8, 4) is 0 Å². The van der Waals surface area contributed by atoms with Crippen molar-refractivity contribution in [2.45, 2.75) is 64.3 Å². The molecule has 0 aromatic carbocycles. The summed E-state index contributed by atoms with van der Waals surface area (Å²) in [6.07, 6.45) is 9.56. The van der Waals surface area contributed by atoms with Crippen molar-refractivity contribution in [2.75, 3.05) is 13.1 Å². The Balaban J connectivity index is 1.86. The molecular formula is C14H26N2O. The number of piperidine rings is 1. The van der Waals surface area contributed by atoms with Gasteiger partial charge in [-0.15, -0.1) is 0 Å². The maximum absolute atomic E-state index is 12.4. The van der Waals surface area contributed by atoms with Crippen LogP contribution in [0.1, 0.15) is 58.3 Å². The maximum Gasteiger partial charge on any atom is 0.226 e. The highest BCUT2D eigenvalue weighted by Gasteiger charge is 2.35. The standard InChI is InChI=1S/C14H26N2O/c1-14(8-10-15-11-9-14)13(17)16-12-6-4-2-3-5-7-12/h12,15H,2-11H2,1H3,(H,16,17). The van der Waals surface area contributed by atoms with E-state index in [2.05, 4.69) is 17.6 Å². The van der Waals surface area contributed by atoms with E-state index in [0.717, 1.165) is 25.9 Å². The molecule has 2 N–H and O–H groups in total. The highest BCUT2D eigenvalue weighted by molar-refractivity contribution is 5.82. The maximum atomic E-state index is 12.4. The number of nitrogens with one attached hydrogen (secondary N) is 2. The first-order valence-electron chi connectivity index (χ1n) is 7.22. The lowest BCUT2D eigenvalue weighted by Crippen LogP contribution is -2.48. The van der Waals surface area contributed by atoms with Gasteiger partial charge in [-0.2, -0.15) is 0 Å². The lowest BCUT2D eigenvalue weighted by Gasteiger charge is -2.34. The topological polar surface area (TPSA) is 41.1 Å². The summed E-state index contributed by atoms with van der Waals surface area (Å²) >= 11 is 0. The van der Waals surface area contributed by atoms with Crippen LogP contribution < -0.4 is 10.6 Å². The van der Waals surface area contributed by atoms with Crippen molar-refractivity contribution in [3.05, 3.63) is 0 Å². The minimum atomic E-state index is -0.127. The van der Waals surface area contributed by atoms with Crippen LogP contribution in [0.15, 0.2) is 0 Å². The predicted octanol–water partition coefficient (Wildman–Crippen LogP) is 2.22. The third-order valence-electron chi connectivity index (χ3n) is 4.45. The molecule has 17 heavy (non-hydrogen) atoms. The molecule has 2 fully saturated rings. The molecule has 0 aromatic heterocycles. The van der Waals surface area contributed by atoms with Gasteiger partial charge in [0, 0.05) is 11.5 Å². The van der Waals surface area contributed by atoms with Crippen molar-refractivity contribution in [1.82, 2.24) is 10.6 Å². The van der Waals surface area contributed by atoms with Gasteiger partial charge in [0.15, 0.2) is 0 Å². The number of amides is 1. The molecule has 0 aromatic rings. The zero-order valence-corrected chi connectivity index (χ0v) is 11.1. The molecule has 1 aliphatic heterocycles. The van der Waals surface area contributed by atoms with Crippen molar-refractivity contribution in [2.24, 2.45) is 5.41 Å². The van der Waals surface area contributed by atoms with E-state index in [1.54, 1.807) is 0 Å². The molecule has 3 nitrogen and oxygen atoms in total. The van der Waals surface area contributed by atoms with E-state index in [1.807, 2.05) is 0 Å². The van der Waals surface area contributed by atoms with Crippen LogP contribution in [-0.2, 0) is 4.79 Å². The summed E-state index contributed by atoms with van der Waals surface area (Å²) in [4.78, 5) is 12.4. The summed E-state index contributed by atoms with van der Waals surface area (Å²) in [5.41, 5.74) is -0.127. The molecule has 0 bridgehead atoms.